The molecular formula is C18H21N5. The molecule has 0 amide bonds. The number of fused-ring (bicyclic) bond motifs is 1. The third kappa shape index (κ3) is 2.61. The molecule has 0 atom stereocenters. The van der Waals surface area contributed by atoms with Crippen LogP contribution in [0.25, 0.3) is 16.9 Å². The van der Waals surface area contributed by atoms with Crippen molar-refractivity contribution in [2.45, 2.75) is 25.7 Å². The normalized spacial score (nSPS) is 16.9. The monoisotopic (exact) mass is 307 g/mol. The Balaban J connectivity index is 1.80. The van der Waals surface area contributed by atoms with Crippen LogP contribution in [0, 0.1) is 0 Å². The molecule has 0 radical (unpaired) electrons. The predicted molar refractivity (Wildman–Crippen MR) is 90.7 cm³/mol. The van der Waals surface area contributed by atoms with Crippen LogP contribution in [0.2, 0.25) is 0 Å². The number of imidazole rings is 1. The highest BCUT2D eigenvalue weighted by Gasteiger charge is 2.25. The average molecular weight is 307 g/mol. The lowest BCUT2D eigenvalue weighted by atomic mass is 9.96. The maximum absolute atomic E-state index is 4.93. The summed E-state index contributed by atoms with van der Waals surface area (Å²) < 4.78 is 2.21. The molecule has 0 bridgehead atoms. The molecule has 1 saturated heterocycles. The number of hydrogen-bond acceptors (Lipinski definition) is 4. The molecule has 4 heterocycles. The molecule has 5 heteroatoms. The summed E-state index contributed by atoms with van der Waals surface area (Å²) in [5.41, 5.74) is 3.00. The van der Waals surface area contributed by atoms with Crippen LogP contribution in [-0.2, 0) is 0 Å². The number of pyridine rings is 2. The molecule has 0 aromatic carbocycles. The van der Waals surface area contributed by atoms with Gasteiger partial charge < -0.3 is 4.90 Å². The first kappa shape index (κ1) is 14.3. The van der Waals surface area contributed by atoms with Crippen molar-refractivity contribution in [1.82, 2.24) is 24.4 Å². The summed E-state index contributed by atoms with van der Waals surface area (Å²) in [4.78, 5) is 16.1. The maximum Gasteiger partial charge on any atom is 0.164 e. The third-order valence-electron chi connectivity index (χ3n) is 4.76. The third-order valence-corrected chi connectivity index (χ3v) is 4.76. The second kappa shape index (κ2) is 6.08. The van der Waals surface area contributed by atoms with Gasteiger partial charge in [0.2, 0.25) is 0 Å². The van der Waals surface area contributed by atoms with Crippen LogP contribution in [0.3, 0.4) is 0 Å². The van der Waals surface area contributed by atoms with E-state index in [9.17, 15) is 0 Å². The standard InChI is InChI=1S/C18H21N5/c1-2-22-12-7-14(8-13-22)17-21-16-4-3-9-20-18(16)23(17)15-5-10-19-11-6-15/h3-6,9-11,14H,2,7-8,12-13H2,1H3. The highest BCUT2D eigenvalue weighted by Crippen LogP contribution is 2.31. The summed E-state index contributed by atoms with van der Waals surface area (Å²) in [6, 6.07) is 8.06. The molecule has 0 saturated carbocycles. The summed E-state index contributed by atoms with van der Waals surface area (Å²) in [5, 5.41) is 0. The Kier molecular flexibility index (Phi) is 3.79. The fourth-order valence-corrected chi connectivity index (χ4v) is 3.46. The first-order valence-corrected chi connectivity index (χ1v) is 8.33. The number of nitrogens with zero attached hydrogens (tertiary/aromatic N) is 5. The average Bonchev–Trinajstić information content (AvgIpc) is 3.02. The number of aromatic nitrogens is 4. The SMILES string of the molecule is CCN1CCC(c2nc3cccnc3n2-c2ccncc2)CC1. The lowest BCUT2D eigenvalue weighted by molar-refractivity contribution is 0.218. The minimum Gasteiger partial charge on any atom is -0.304 e. The molecule has 4 rings (SSSR count). The van der Waals surface area contributed by atoms with Gasteiger partial charge in [-0.25, -0.2) is 9.97 Å². The van der Waals surface area contributed by atoms with E-state index in [1.165, 1.54) is 0 Å². The van der Waals surface area contributed by atoms with Crippen LogP contribution in [0.15, 0.2) is 42.9 Å². The summed E-state index contributed by atoms with van der Waals surface area (Å²) in [7, 11) is 0. The smallest absolute Gasteiger partial charge is 0.164 e. The van der Waals surface area contributed by atoms with Gasteiger partial charge in [0.05, 0.1) is 5.69 Å². The summed E-state index contributed by atoms with van der Waals surface area (Å²) in [6.45, 7) is 5.66. The molecule has 1 fully saturated rings. The Hall–Kier alpha value is -2.27. The number of likely N-dealkylation sites (tertiary alicyclic amines) is 1. The topological polar surface area (TPSA) is 46.8 Å². The van der Waals surface area contributed by atoms with Crippen molar-refractivity contribution in [3.05, 3.63) is 48.7 Å². The van der Waals surface area contributed by atoms with Crippen molar-refractivity contribution >= 4 is 11.2 Å². The minimum atomic E-state index is 0.486. The van der Waals surface area contributed by atoms with E-state index in [0.29, 0.717) is 5.92 Å². The van der Waals surface area contributed by atoms with Gasteiger partial charge in [0.25, 0.3) is 0 Å². The highest BCUT2D eigenvalue weighted by atomic mass is 15.2. The quantitative estimate of drug-likeness (QED) is 0.746. The zero-order valence-corrected chi connectivity index (χ0v) is 13.4. The Morgan fingerprint density at radius 1 is 1.09 bits per heavy atom. The van der Waals surface area contributed by atoms with Gasteiger partial charge in [0.15, 0.2) is 5.65 Å². The molecule has 3 aromatic rings. The van der Waals surface area contributed by atoms with E-state index in [1.807, 2.05) is 42.9 Å². The molecule has 1 aliphatic rings. The fraction of sp³-hybridized carbons (Fsp3) is 0.389. The molecule has 0 aliphatic carbocycles. The molecule has 118 valence electrons. The Labute approximate surface area is 136 Å². The second-order valence-electron chi connectivity index (χ2n) is 6.07. The van der Waals surface area contributed by atoms with E-state index in [-0.39, 0.29) is 0 Å². The van der Waals surface area contributed by atoms with Crippen molar-refractivity contribution in [1.29, 1.82) is 0 Å². The van der Waals surface area contributed by atoms with E-state index >= 15 is 0 Å². The van der Waals surface area contributed by atoms with E-state index in [2.05, 4.69) is 26.4 Å². The molecule has 0 spiro atoms. The number of hydrogen-bond donors (Lipinski definition) is 0. The number of rotatable bonds is 3. The molecule has 1 aliphatic heterocycles. The van der Waals surface area contributed by atoms with Gasteiger partial charge in [0.1, 0.15) is 11.3 Å². The van der Waals surface area contributed by atoms with Crippen molar-refractivity contribution in [3.63, 3.8) is 0 Å². The van der Waals surface area contributed by atoms with Crippen LogP contribution in [-0.4, -0.2) is 44.1 Å². The van der Waals surface area contributed by atoms with Gasteiger partial charge in [-0.05, 0) is 56.7 Å². The van der Waals surface area contributed by atoms with E-state index < -0.39 is 0 Å². The van der Waals surface area contributed by atoms with Gasteiger partial charge in [-0.2, -0.15) is 0 Å². The first-order chi connectivity index (χ1) is 11.4. The van der Waals surface area contributed by atoms with Crippen molar-refractivity contribution in [2.24, 2.45) is 0 Å². The zero-order chi connectivity index (χ0) is 15.6. The van der Waals surface area contributed by atoms with Gasteiger partial charge in [-0.3, -0.25) is 9.55 Å². The summed E-state index contributed by atoms with van der Waals surface area (Å²) in [5.74, 6) is 1.63. The van der Waals surface area contributed by atoms with E-state index in [1.54, 1.807) is 0 Å². The first-order valence-electron chi connectivity index (χ1n) is 8.33. The molecule has 3 aromatic heterocycles. The molecule has 5 nitrogen and oxygen atoms in total. The molecule has 23 heavy (non-hydrogen) atoms. The van der Waals surface area contributed by atoms with E-state index in [0.717, 1.165) is 55.2 Å². The highest BCUT2D eigenvalue weighted by molar-refractivity contribution is 5.74. The predicted octanol–water partition coefficient (Wildman–Crippen LogP) is 3.01. The van der Waals surface area contributed by atoms with Crippen molar-refractivity contribution in [2.75, 3.05) is 19.6 Å². The minimum absolute atomic E-state index is 0.486. The largest absolute Gasteiger partial charge is 0.304 e. The summed E-state index contributed by atoms with van der Waals surface area (Å²) in [6.07, 6.45) is 7.80. The maximum atomic E-state index is 4.93. The fourth-order valence-electron chi connectivity index (χ4n) is 3.46. The van der Waals surface area contributed by atoms with Crippen LogP contribution >= 0.6 is 0 Å². The van der Waals surface area contributed by atoms with Crippen molar-refractivity contribution in [3.8, 4) is 5.69 Å². The van der Waals surface area contributed by atoms with Crippen LogP contribution < -0.4 is 0 Å². The van der Waals surface area contributed by atoms with Crippen molar-refractivity contribution < 1.29 is 0 Å². The lowest BCUT2D eigenvalue weighted by Crippen LogP contribution is -2.33. The van der Waals surface area contributed by atoms with Crippen LogP contribution in [0.1, 0.15) is 31.5 Å². The number of piperidine rings is 1. The van der Waals surface area contributed by atoms with Gasteiger partial charge >= 0.3 is 0 Å². The Bertz CT molecular complexity index is 788. The molecular weight excluding hydrogens is 286 g/mol. The second-order valence-corrected chi connectivity index (χ2v) is 6.07. The van der Waals surface area contributed by atoms with E-state index in [4.69, 9.17) is 4.98 Å². The van der Waals surface area contributed by atoms with Gasteiger partial charge in [0, 0.05) is 24.5 Å². The van der Waals surface area contributed by atoms with Gasteiger partial charge in [-0.15, -0.1) is 0 Å². The molecule has 0 unspecified atom stereocenters. The van der Waals surface area contributed by atoms with Crippen LogP contribution in [0.5, 0.6) is 0 Å². The Morgan fingerprint density at radius 3 is 2.61 bits per heavy atom. The Morgan fingerprint density at radius 2 is 1.87 bits per heavy atom. The van der Waals surface area contributed by atoms with Crippen LogP contribution in [0.4, 0.5) is 0 Å². The zero-order valence-electron chi connectivity index (χ0n) is 13.4. The lowest BCUT2D eigenvalue weighted by Gasteiger charge is -2.30. The molecule has 0 N–H and O–H groups in total. The summed E-state index contributed by atoms with van der Waals surface area (Å²) >= 11 is 0. The van der Waals surface area contributed by atoms with Gasteiger partial charge in [-0.1, -0.05) is 6.92 Å².